The summed E-state index contributed by atoms with van der Waals surface area (Å²) < 4.78 is 10.9. The predicted octanol–water partition coefficient (Wildman–Crippen LogP) is 3.95. The number of anilines is 1. The van der Waals surface area contributed by atoms with Gasteiger partial charge in [0.05, 0.1) is 32.6 Å². The number of nitrogens with one attached hydrogen (secondary N) is 1. The van der Waals surface area contributed by atoms with Crippen LogP contribution in [0.3, 0.4) is 0 Å². The third kappa shape index (κ3) is 4.61. The number of fused-ring (bicyclic) bond motifs is 1. The Hall–Kier alpha value is -2.87. The Kier molecular flexibility index (Phi) is 6.18. The van der Waals surface area contributed by atoms with Crippen LogP contribution < -0.4 is 15.0 Å². The lowest BCUT2D eigenvalue weighted by atomic mass is 9.53. The Morgan fingerprint density at radius 3 is 2.37 bits per heavy atom. The lowest BCUT2D eigenvalue weighted by molar-refractivity contribution is -0.0159. The molecule has 2 aliphatic heterocycles. The molecule has 1 aromatic heterocycles. The standard InChI is InChI=1S/C30H39N5O3/c1-37-24-4-2-20(3-5-24)15-27-31-26-6-7-35(19-25(26)28(32-27)34-8-10-38-11-9-34)29(36)33-30-16-21-12-22(17-30)14-23(13-21)18-30/h2-5,21-23H,6-19H2,1H3,(H,33,36). The summed E-state index contributed by atoms with van der Waals surface area (Å²) in [5.74, 6) is 5.11. The quantitative estimate of drug-likeness (QED) is 0.647. The Labute approximate surface area is 225 Å². The molecule has 0 radical (unpaired) electrons. The number of amides is 2. The lowest BCUT2D eigenvalue weighted by Crippen LogP contribution is -2.62. The summed E-state index contributed by atoms with van der Waals surface area (Å²) in [4.78, 5) is 28.1. The summed E-state index contributed by atoms with van der Waals surface area (Å²) in [7, 11) is 1.68. The van der Waals surface area contributed by atoms with Crippen molar-refractivity contribution in [2.45, 2.75) is 63.5 Å². The summed E-state index contributed by atoms with van der Waals surface area (Å²) in [6.07, 6.45) is 9.09. The number of methoxy groups -OCH3 is 1. The molecule has 202 valence electrons. The van der Waals surface area contributed by atoms with Crippen LogP contribution in [0, 0.1) is 17.8 Å². The zero-order chi connectivity index (χ0) is 25.7. The van der Waals surface area contributed by atoms with E-state index in [2.05, 4.69) is 22.3 Å². The second kappa shape index (κ2) is 9.70. The van der Waals surface area contributed by atoms with Crippen molar-refractivity contribution in [2.24, 2.45) is 17.8 Å². The molecule has 8 heteroatoms. The summed E-state index contributed by atoms with van der Waals surface area (Å²) in [5.41, 5.74) is 3.38. The van der Waals surface area contributed by atoms with Gasteiger partial charge in [-0.25, -0.2) is 14.8 Å². The van der Waals surface area contributed by atoms with E-state index >= 15 is 0 Å². The largest absolute Gasteiger partial charge is 0.497 e. The SMILES string of the molecule is COc1ccc(Cc2nc3c(c(N4CCOCC4)n2)CN(C(=O)NC24CC5CC(CC(C5)C2)C4)CC3)cc1. The number of benzene rings is 1. The number of carbonyl (C=O) groups is 1. The molecule has 3 heterocycles. The van der Waals surface area contributed by atoms with E-state index < -0.39 is 0 Å². The van der Waals surface area contributed by atoms with Crippen molar-refractivity contribution in [2.75, 3.05) is 44.9 Å². The fourth-order valence-corrected chi connectivity index (χ4v) is 8.23. The highest BCUT2D eigenvalue weighted by molar-refractivity contribution is 5.76. The highest BCUT2D eigenvalue weighted by Crippen LogP contribution is 2.55. The van der Waals surface area contributed by atoms with Crippen LogP contribution in [0.1, 0.15) is 61.2 Å². The van der Waals surface area contributed by atoms with Crippen LogP contribution in [0.15, 0.2) is 24.3 Å². The molecule has 2 aromatic rings. The van der Waals surface area contributed by atoms with Gasteiger partial charge in [-0.15, -0.1) is 0 Å². The Morgan fingerprint density at radius 1 is 1.03 bits per heavy atom. The van der Waals surface area contributed by atoms with Gasteiger partial charge in [0.25, 0.3) is 0 Å². The van der Waals surface area contributed by atoms with Gasteiger partial charge in [-0.3, -0.25) is 0 Å². The second-order valence-electron chi connectivity index (χ2n) is 12.3. The molecular formula is C30H39N5O3. The molecule has 6 aliphatic rings. The number of rotatable bonds is 5. The van der Waals surface area contributed by atoms with Crippen LogP contribution in [-0.2, 0) is 24.1 Å². The fourth-order valence-electron chi connectivity index (χ4n) is 8.23. The first-order valence-corrected chi connectivity index (χ1v) is 14.5. The van der Waals surface area contributed by atoms with Crippen LogP contribution >= 0.6 is 0 Å². The maximum absolute atomic E-state index is 13.7. The van der Waals surface area contributed by atoms with Gasteiger partial charge in [0.2, 0.25) is 0 Å². The van der Waals surface area contributed by atoms with Gasteiger partial charge < -0.3 is 24.6 Å². The summed E-state index contributed by atoms with van der Waals surface area (Å²) in [6.45, 7) is 4.29. The number of ether oxygens (including phenoxy) is 2. The lowest BCUT2D eigenvalue weighted by Gasteiger charge is -2.57. The average Bonchev–Trinajstić information content (AvgIpc) is 2.92. The number of hydrogen-bond donors (Lipinski definition) is 1. The summed E-state index contributed by atoms with van der Waals surface area (Å²) >= 11 is 0. The van der Waals surface area contributed by atoms with E-state index in [-0.39, 0.29) is 11.6 Å². The zero-order valence-electron chi connectivity index (χ0n) is 22.5. The molecule has 1 aromatic carbocycles. The van der Waals surface area contributed by atoms with Gasteiger partial charge in [-0.2, -0.15) is 0 Å². The fraction of sp³-hybridized carbons (Fsp3) is 0.633. The number of aromatic nitrogens is 2. The third-order valence-electron chi connectivity index (χ3n) is 9.61. The molecule has 8 nitrogen and oxygen atoms in total. The smallest absolute Gasteiger partial charge is 0.318 e. The molecule has 1 N–H and O–H groups in total. The van der Waals surface area contributed by atoms with E-state index in [0.717, 1.165) is 71.5 Å². The van der Waals surface area contributed by atoms with Crippen LogP contribution in [0.25, 0.3) is 0 Å². The van der Waals surface area contributed by atoms with Crippen LogP contribution in [0.4, 0.5) is 10.6 Å². The minimum absolute atomic E-state index is 0.0257. The monoisotopic (exact) mass is 517 g/mol. The van der Waals surface area contributed by atoms with E-state index in [1.165, 1.54) is 38.5 Å². The van der Waals surface area contributed by atoms with E-state index in [9.17, 15) is 4.79 Å². The molecule has 4 bridgehead atoms. The third-order valence-corrected chi connectivity index (χ3v) is 9.61. The number of hydrogen-bond acceptors (Lipinski definition) is 6. The Balaban J connectivity index is 1.12. The first-order valence-electron chi connectivity index (χ1n) is 14.5. The predicted molar refractivity (Wildman–Crippen MR) is 144 cm³/mol. The van der Waals surface area contributed by atoms with Crippen molar-refractivity contribution < 1.29 is 14.3 Å². The topological polar surface area (TPSA) is 79.8 Å². The maximum Gasteiger partial charge on any atom is 0.318 e. The summed E-state index contributed by atoms with van der Waals surface area (Å²) in [6, 6.07) is 8.22. The average molecular weight is 518 g/mol. The molecule has 8 rings (SSSR count). The van der Waals surface area contributed by atoms with Crippen LogP contribution in [-0.4, -0.2) is 66.4 Å². The highest BCUT2D eigenvalue weighted by atomic mass is 16.5. The van der Waals surface area contributed by atoms with Crippen molar-refractivity contribution in [1.29, 1.82) is 0 Å². The van der Waals surface area contributed by atoms with E-state index in [4.69, 9.17) is 19.4 Å². The first-order chi connectivity index (χ1) is 18.6. The number of carbonyl (C=O) groups excluding carboxylic acids is 1. The highest BCUT2D eigenvalue weighted by Gasteiger charge is 2.52. The van der Waals surface area contributed by atoms with Crippen molar-refractivity contribution in [3.05, 3.63) is 46.9 Å². The Bertz CT molecular complexity index is 1160. The van der Waals surface area contributed by atoms with Crippen LogP contribution in [0.2, 0.25) is 0 Å². The minimum Gasteiger partial charge on any atom is -0.497 e. The molecule has 5 fully saturated rings. The molecular weight excluding hydrogens is 478 g/mol. The van der Waals surface area contributed by atoms with E-state index in [1.54, 1.807) is 7.11 Å². The zero-order valence-corrected chi connectivity index (χ0v) is 22.5. The number of morpholine rings is 1. The van der Waals surface area contributed by atoms with Gasteiger partial charge in [0.15, 0.2) is 0 Å². The molecule has 4 saturated carbocycles. The van der Waals surface area contributed by atoms with Gasteiger partial charge >= 0.3 is 6.03 Å². The molecule has 0 spiro atoms. The van der Waals surface area contributed by atoms with Gasteiger partial charge in [-0.05, 0) is 74.0 Å². The molecule has 0 unspecified atom stereocenters. The van der Waals surface area contributed by atoms with Crippen molar-refractivity contribution in [3.8, 4) is 5.75 Å². The van der Waals surface area contributed by atoms with E-state index in [0.29, 0.717) is 32.7 Å². The molecule has 1 saturated heterocycles. The van der Waals surface area contributed by atoms with Gasteiger partial charge in [0, 0.05) is 43.6 Å². The number of nitrogens with zero attached hydrogens (tertiary/aromatic N) is 4. The molecule has 38 heavy (non-hydrogen) atoms. The van der Waals surface area contributed by atoms with Crippen molar-refractivity contribution in [3.63, 3.8) is 0 Å². The summed E-state index contributed by atoms with van der Waals surface area (Å²) in [5, 5.41) is 3.58. The molecule has 0 atom stereocenters. The second-order valence-corrected chi connectivity index (χ2v) is 12.3. The van der Waals surface area contributed by atoms with Gasteiger partial charge in [-0.1, -0.05) is 12.1 Å². The van der Waals surface area contributed by atoms with Crippen LogP contribution in [0.5, 0.6) is 5.75 Å². The van der Waals surface area contributed by atoms with E-state index in [1.807, 2.05) is 17.0 Å². The maximum atomic E-state index is 13.7. The normalized spacial score (nSPS) is 29.8. The molecule has 4 aliphatic carbocycles. The van der Waals surface area contributed by atoms with Gasteiger partial charge in [0.1, 0.15) is 17.4 Å². The number of urea groups is 1. The van der Waals surface area contributed by atoms with Crippen molar-refractivity contribution >= 4 is 11.8 Å². The van der Waals surface area contributed by atoms with Crippen molar-refractivity contribution in [1.82, 2.24) is 20.2 Å². The molecule has 2 amide bonds. The minimum atomic E-state index is 0.0257. The first kappa shape index (κ1) is 24.2. The Morgan fingerprint density at radius 2 is 1.71 bits per heavy atom.